The van der Waals surface area contributed by atoms with Crippen LogP contribution in [0.15, 0.2) is 35.5 Å². The van der Waals surface area contributed by atoms with Gasteiger partial charge in [0.2, 0.25) is 0 Å². The van der Waals surface area contributed by atoms with Gasteiger partial charge in [-0.3, -0.25) is 4.79 Å². The van der Waals surface area contributed by atoms with Gasteiger partial charge in [-0.25, -0.2) is 4.79 Å². The molecule has 1 N–H and O–H groups in total. The number of ether oxygens (including phenoxy) is 2. The molecule has 6 unspecified atom stereocenters. The first-order valence-corrected chi connectivity index (χ1v) is 10.2. The fourth-order valence-corrected chi connectivity index (χ4v) is 4.79. The molecular formula is C23H34O5. The predicted molar refractivity (Wildman–Crippen MR) is 108 cm³/mol. The summed E-state index contributed by atoms with van der Waals surface area (Å²) in [6.45, 7) is 15.5. The van der Waals surface area contributed by atoms with Gasteiger partial charge in [-0.1, -0.05) is 39.0 Å². The van der Waals surface area contributed by atoms with Crippen LogP contribution in [0.5, 0.6) is 0 Å². The van der Waals surface area contributed by atoms with E-state index >= 15 is 0 Å². The average Bonchev–Trinajstić information content (AvgIpc) is 2.95. The quantitative estimate of drug-likeness (QED) is 0.437. The van der Waals surface area contributed by atoms with Crippen molar-refractivity contribution in [1.82, 2.24) is 0 Å². The van der Waals surface area contributed by atoms with Crippen molar-refractivity contribution in [2.75, 3.05) is 0 Å². The van der Waals surface area contributed by atoms with E-state index in [0.29, 0.717) is 12.0 Å². The minimum Gasteiger partial charge on any atom is -0.458 e. The van der Waals surface area contributed by atoms with Gasteiger partial charge in [0.15, 0.2) is 0 Å². The Morgan fingerprint density at radius 1 is 1.29 bits per heavy atom. The highest BCUT2D eigenvalue weighted by atomic mass is 16.6. The SMILES string of the molecule is C=C1C2CC(OC(C)=O)C(=CC)C2C(C(C)C)C(O)C1OC(=O)C=C(C)CC. The molecule has 0 aromatic carbocycles. The van der Waals surface area contributed by atoms with Crippen LogP contribution in [0, 0.1) is 23.7 Å². The van der Waals surface area contributed by atoms with E-state index in [-0.39, 0.29) is 35.7 Å². The summed E-state index contributed by atoms with van der Waals surface area (Å²) in [7, 11) is 0. The van der Waals surface area contributed by atoms with Crippen LogP contribution in [0.3, 0.4) is 0 Å². The summed E-state index contributed by atoms with van der Waals surface area (Å²) in [4.78, 5) is 23.9. The summed E-state index contributed by atoms with van der Waals surface area (Å²) in [6, 6.07) is 0. The first-order chi connectivity index (χ1) is 13.1. The smallest absolute Gasteiger partial charge is 0.331 e. The molecule has 0 saturated heterocycles. The molecule has 156 valence electrons. The summed E-state index contributed by atoms with van der Waals surface area (Å²) in [6.07, 6.45) is 2.92. The van der Waals surface area contributed by atoms with E-state index in [0.717, 1.165) is 17.6 Å². The molecule has 2 fully saturated rings. The molecule has 0 aliphatic heterocycles. The molecular weight excluding hydrogens is 356 g/mol. The summed E-state index contributed by atoms with van der Waals surface area (Å²) >= 11 is 0. The Bertz CT molecular complexity index is 687. The first kappa shape index (κ1) is 22.4. The van der Waals surface area contributed by atoms with Gasteiger partial charge in [0.1, 0.15) is 12.2 Å². The second-order valence-electron chi connectivity index (χ2n) is 8.34. The monoisotopic (exact) mass is 390 g/mol. The Hall–Kier alpha value is -1.88. The maximum Gasteiger partial charge on any atom is 0.331 e. The van der Waals surface area contributed by atoms with Crippen molar-refractivity contribution in [2.45, 2.75) is 72.7 Å². The molecule has 0 aromatic rings. The molecule has 2 rings (SSSR count). The maximum atomic E-state index is 12.3. The summed E-state index contributed by atoms with van der Waals surface area (Å²) in [5, 5.41) is 11.1. The van der Waals surface area contributed by atoms with Gasteiger partial charge in [0.05, 0.1) is 6.10 Å². The van der Waals surface area contributed by atoms with E-state index in [1.165, 1.54) is 13.0 Å². The van der Waals surface area contributed by atoms with Crippen LogP contribution < -0.4 is 0 Å². The molecule has 0 heterocycles. The van der Waals surface area contributed by atoms with Crippen LogP contribution in [-0.2, 0) is 19.1 Å². The molecule has 0 bridgehead atoms. The molecule has 28 heavy (non-hydrogen) atoms. The Morgan fingerprint density at radius 3 is 2.43 bits per heavy atom. The number of carbonyl (C=O) groups excluding carboxylic acids is 2. The number of aliphatic hydroxyl groups excluding tert-OH is 1. The van der Waals surface area contributed by atoms with Crippen LogP contribution in [0.25, 0.3) is 0 Å². The van der Waals surface area contributed by atoms with Gasteiger partial charge in [-0.15, -0.1) is 0 Å². The zero-order valence-corrected chi connectivity index (χ0v) is 17.9. The number of hydrogen-bond acceptors (Lipinski definition) is 5. The maximum absolute atomic E-state index is 12.3. The van der Waals surface area contributed by atoms with Crippen LogP contribution in [0.2, 0.25) is 0 Å². The van der Waals surface area contributed by atoms with E-state index in [9.17, 15) is 14.7 Å². The minimum absolute atomic E-state index is 0.000372. The van der Waals surface area contributed by atoms with Crippen LogP contribution in [0.1, 0.15) is 54.4 Å². The van der Waals surface area contributed by atoms with Gasteiger partial charge < -0.3 is 14.6 Å². The molecule has 2 aliphatic carbocycles. The van der Waals surface area contributed by atoms with Gasteiger partial charge in [0.25, 0.3) is 0 Å². The topological polar surface area (TPSA) is 72.8 Å². The number of rotatable bonds is 5. The van der Waals surface area contributed by atoms with Crippen LogP contribution in [0.4, 0.5) is 0 Å². The van der Waals surface area contributed by atoms with Crippen molar-refractivity contribution in [1.29, 1.82) is 0 Å². The largest absolute Gasteiger partial charge is 0.458 e. The fraction of sp³-hybridized carbons (Fsp3) is 0.652. The molecule has 2 aliphatic rings. The molecule has 0 spiro atoms. The third kappa shape index (κ3) is 4.40. The molecule has 0 radical (unpaired) electrons. The first-order valence-electron chi connectivity index (χ1n) is 10.2. The van der Waals surface area contributed by atoms with Gasteiger partial charge in [0, 0.05) is 13.0 Å². The zero-order valence-electron chi connectivity index (χ0n) is 17.9. The Morgan fingerprint density at radius 2 is 1.93 bits per heavy atom. The lowest BCUT2D eigenvalue weighted by Crippen LogP contribution is -2.50. The van der Waals surface area contributed by atoms with Crippen molar-refractivity contribution in [3.63, 3.8) is 0 Å². The van der Waals surface area contributed by atoms with Crippen molar-refractivity contribution in [3.05, 3.63) is 35.5 Å². The highest BCUT2D eigenvalue weighted by Crippen LogP contribution is 2.54. The lowest BCUT2D eigenvalue weighted by molar-refractivity contribution is -0.153. The number of hydrogen-bond donors (Lipinski definition) is 1. The molecule has 2 saturated carbocycles. The highest BCUT2D eigenvalue weighted by molar-refractivity contribution is 5.83. The van der Waals surface area contributed by atoms with E-state index in [1.54, 1.807) is 0 Å². The summed E-state index contributed by atoms with van der Waals surface area (Å²) < 4.78 is 11.2. The van der Waals surface area contributed by atoms with Crippen LogP contribution >= 0.6 is 0 Å². The lowest BCUT2D eigenvalue weighted by Gasteiger charge is -2.45. The second kappa shape index (κ2) is 9.08. The van der Waals surface area contributed by atoms with Crippen molar-refractivity contribution in [3.8, 4) is 0 Å². The number of fused-ring (bicyclic) bond motifs is 1. The van der Waals surface area contributed by atoms with Crippen LogP contribution in [-0.4, -0.2) is 35.4 Å². The molecule has 0 amide bonds. The van der Waals surface area contributed by atoms with Gasteiger partial charge >= 0.3 is 11.9 Å². The Kier molecular flexibility index (Phi) is 7.27. The van der Waals surface area contributed by atoms with Crippen molar-refractivity contribution >= 4 is 11.9 Å². The minimum atomic E-state index is -0.848. The van der Waals surface area contributed by atoms with Crippen molar-refractivity contribution in [2.24, 2.45) is 23.7 Å². The molecule has 5 nitrogen and oxygen atoms in total. The summed E-state index contributed by atoms with van der Waals surface area (Å²) in [5.41, 5.74) is 2.66. The van der Waals surface area contributed by atoms with Gasteiger partial charge in [-0.2, -0.15) is 0 Å². The lowest BCUT2D eigenvalue weighted by atomic mass is 9.64. The number of aliphatic hydroxyl groups is 1. The van der Waals surface area contributed by atoms with E-state index < -0.39 is 18.2 Å². The van der Waals surface area contributed by atoms with E-state index in [1.807, 2.05) is 26.8 Å². The molecule has 5 heteroatoms. The number of allylic oxidation sites excluding steroid dienone is 2. The molecule has 6 atom stereocenters. The third-order valence-electron chi connectivity index (χ3n) is 6.20. The second-order valence-corrected chi connectivity index (χ2v) is 8.34. The Labute approximate surface area is 168 Å². The highest BCUT2D eigenvalue weighted by Gasteiger charge is 2.55. The standard InChI is InChI=1S/C23H34O5/c1-8-13(5)10-19(25)28-23-14(6)17-11-18(27-15(7)24)16(9-2)21(17)20(12(3)4)22(23)26/h9-10,12,17-18,20-23,26H,6,8,11H2,1-5,7H3. The third-order valence-corrected chi connectivity index (χ3v) is 6.20. The van der Waals surface area contributed by atoms with Gasteiger partial charge in [-0.05, 0) is 61.5 Å². The molecule has 0 aromatic heterocycles. The fourth-order valence-electron chi connectivity index (χ4n) is 4.79. The average molecular weight is 391 g/mol. The number of carbonyl (C=O) groups is 2. The Balaban J connectivity index is 2.37. The number of esters is 2. The zero-order chi connectivity index (χ0) is 21.2. The van der Waals surface area contributed by atoms with E-state index in [2.05, 4.69) is 20.4 Å². The predicted octanol–water partition coefficient (Wildman–Crippen LogP) is 3.97. The normalized spacial score (nSPS) is 34.5. The summed E-state index contributed by atoms with van der Waals surface area (Å²) in [5.74, 6) is -0.697. The van der Waals surface area contributed by atoms with E-state index in [4.69, 9.17) is 9.47 Å². The van der Waals surface area contributed by atoms with Crippen molar-refractivity contribution < 1.29 is 24.2 Å².